The van der Waals surface area contributed by atoms with Crippen molar-refractivity contribution < 1.29 is 4.74 Å². The van der Waals surface area contributed by atoms with Gasteiger partial charge in [-0.05, 0) is 64.1 Å². The number of nitrogens with zero attached hydrogens (tertiary/aromatic N) is 3. The van der Waals surface area contributed by atoms with E-state index < -0.39 is 0 Å². The fraction of sp³-hybridized carbons (Fsp3) is 0.812. The van der Waals surface area contributed by atoms with Crippen molar-refractivity contribution in [2.75, 3.05) is 26.8 Å². The van der Waals surface area contributed by atoms with Crippen LogP contribution in [0.1, 0.15) is 39.0 Å². The summed E-state index contributed by atoms with van der Waals surface area (Å²) in [4.78, 5) is 2.65. The van der Waals surface area contributed by atoms with E-state index in [1.165, 1.54) is 45.2 Å². The van der Waals surface area contributed by atoms with Gasteiger partial charge in [0.25, 0.3) is 0 Å². The number of aromatic nitrogens is 2. The second-order valence-corrected chi connectivity index (χ2v) is 6.02. The normalized spacial score (nSPS) is 19.3. The molecule has 0 unspecified atom stereocenters. The molecule has 2 rings (SSSR count). The first-order valence-corrected chi connectivity index (χ1v) is 8.00. The predicted molar refractivity (Wildman–Crippen MR) is 81.7 cm³/mol. The maximum absolute atomic E-state index is 5.14. The number of piperidine rings is 1. The number of hydrogen-bond acceptors (Lipinski definition) is 3. The van der Waals surface area contributed by atoms with Crippen LogP contribution in [0.15, 0.2) is 18.5 Å². The molecule has 1 fully saturated rings. The summed E-state index contributed by atoms with van der Waals surface area (Å²) in [5.41, 5.74) is 0. The largest absolute Gasteiger partial charge is 0.385 e. The van der Waals surface area contributed by atoms with Gasteiger partial charge in [0.1, 0.15) is 0 Å². The summed E-state index contributed by atoms with van der Waals surface area (Å²) in [6, 6.07) is 2.66. The molecule has 1 aromatic heterocycles. The monoisotopic (exact) mass is 279 g/mol. The first-order chi connectivity index (χ1) is 9.79. The smallest absolute Gasteiger partial charge is 0.0489 e. The van der Waals surface area contributed by atoms with Crippen molar-refractivity contribution in [3.63, 3.8) is 0 Å². The van der Waals surface area contributed by atoms with E-state index in [0.29, 0.717) is 6.04 Å². The van der Waals surface area contributed by atoms with Crippen molar-refractivity contribution in [1.29, 1.82) is 0 Å². The van der Waals surface area contributed by atoms with E-state index in [1.54, 1.807) is 7.11 Å². The number of aryl methyl sites for hydroxylation is 1. The van der Waals surface area contributed by atoms with Crippen LogP contribution in [0.5, 0.6) is 0 Å². The number of rotatable bonds is 8. The van der Waals surface area contributed by atoms with Gasteiger partial charge in [-0.3, -0.25) is 4.68 Å². The van der Waals surface area contributed by atoms with Crippen molar-refractivity contribution in [3.8, 4) is 0 Å². The van der Waals surface area contributed by atoms with Crippen LogP contribution in [0.3, 0.4) is 0 Å². The van der Waals surface area contributed by atoms with E-state index >= 15 is 0 Å². The van der Waals surface area contributed by atoms with E-state index in [4.69, 9.17) is 4.74 Å². The second-order valence-electron chi connectivity index (χ2n) is 6.02. The van der Waals surface area contributed by atoms with Gasteiger partial charge in [0.2, 0.25) is 0 Å². The van der Waals surface area contributed by atoms with Crippen molar-refractivity contribution in [3.05, 3.63) is 18.5 Å². The Hall–Kier alpha value is -0.870. The molecule has 1 atom stereocenters. The average Bonchev–Trinajstić information content (AvgIpc) is 2.99. The molecular weight excluding hydrogens is 250 g/mol. The lowest BCUT2D eigenvalue weighted by Gasteiger charge is -2.36. The highest BCUT2D eigenvalue weighted by molar-refractivity contribution is 4.80. The standard InChI is InChI=1S/C16H29N3O/c1-15(6-13-19-10-4-9-17-19)18-11-7-16(8-12-18)5-3-14-20-2/h4,9-10,15-16H,3,5-8,11-14H2,1-2H3/t15-/m0/s1. The van der Waals surface area contributed by atoms with E-state index in [9.17, 15) is 0 Å². The number of hydrogen-bond donors (Lipinski definition) is 0. The third kappa shape index (κ3) is 4.91. The van der Waals surface area contributed by atoms with Crippen molar-refractivity contribution in [2.24, 2.45) is 5.92 Å². The van der Waals surface area contributed by atoms with Gasteiger partial charge in [0, 0.05) is 38.7 Å². The number of methoxy groups -OCH3 is 1. The first kappa shape index (κ1) is 15.5. The molecule has 114 valence electrons. The third-order valence-electron chi connectivity index (χ3n) is 4.57. The molecule has 0 bridgehead atoms. The predicted octanol–water partition coefficient (Wildman–Crippen LogP) is 2.80. The Kier molecular flexibility index (Phi) is 6.54. The molecule has 0 aliphatic carbocycles. The maximum atomic E-state index is 5.14. The summed E-state index contributed by atoms with van der Waals surface area (Å²) in [7, 11) is 1.80. The highest BCUT2D eigenvalue weighted by atomic mass is 16.5. The molecule has 1 aliphatic rings. The molecule has 4 heteroatoms. The minimum atomic E-state index is 0.666. The molecule has 0 radical (unpaired) electrons. The van der Waals surface area contributed by atoms with Gasteiger partial charge < -0.3 is 9.64 Å². The van der Waals surface area contributed by atoms with Crippen LogP contribution in [0.25, 0.3) is 0 Å². The van der Waals surface area contributed by atoms with Crippen LogP contribution < -0.4 is 0 Å². The van der Waals surface area contributed by atoms with Crippen molar-refractivity contribution >= 4 is 0 Å². The SMILES string of the molecule is COCCCC1CCN([C@@H](C)CCn2cccn2)CC1. The van der Waals surface area contributed by atoms with Gasteiger partial charge in [-0.25, -0.2) is 0 Å². The summed E-state index contributed by atoms with van der Waals surface area (Å²) in [6.45, 7) is 6.83. The summed E-state index contributed by atoms with van der Waals surface area (Å²) in [5, 5.41) is 4.27. The zero-order valence-electron chi connectivity index (χ0n) is 13.0. The molecule has 20 heavy (non-hydrogen) atoms. The quantitative estimate of drug-likeness (QED) is 0.686. The Morgan fingerprint density at radius 2 is 2.15 bits per heavy atom. The fourth-order valence-electron chi connectivity index (χ4n) is 3.13. The maximum Gasteiger partial charge on any atom is 0.0489 e. The van der Waals surface area contributed by atoms with E-state index in [-0.39, 0.29) is 0 Å². The van der Waals surface area contributed by atoms with Gasteiger partial charge in [-0.2, -0.15) is 5.10 Å². The van der Waals surface area contributed by atoms with Gasteiger partial charge in [-0.1, -0.05) is 0 Å². The third-order valence-corrected chi connectivity index (χ3v) is 4.57. The van der Waals surface area contributed by atoms with E-state index in [2.05, 4.69) is 23.1 Å². The van der Waals surface area contributed by atoms with E-state index in [0.717, 1.165) is 19.1 Å². The van der Waals surface area contributed by atoms with Crippen LogP contribution in [0.2, 0.25) is 0 Å². The molecule has 4 nitrogen and oxygen atoms in total. The Labute approximate surface area is 123 Å². The zero-order valence-corrected chi connectivity index (χ0v) is 13.0. The highest BCUT2D eigenvalue weighted by Crippen LogP contribution is 2.23. The van der Waals surface area contributed by atoms with Crippen LogP contribution in [-0.4, -0.2) is 47.5 Å². The summed E-state index contributed by atoms with van der Waals surface area (Å²) in [5.74, 6) is 0.916. The Morgan fingerprint density at radius 3 is 2.80 bits per heavy atom. The van der Waals surface area contributed by atoms with E-state index in [1.807, 2.05) is 16.9 Å². The number of likely N-dealkylation sites (tertiary alicyclic amines) is 1. The molecule has 1 aliphatic heterocycles. The lowest BCUT2D eigenvalue weighted by atomic mass is 9.91. The van der Waals surface area contributed by atoms with Gasteiger partial charge in [0.05, 0.1) is 0 Å². The molecule has 0 amide bonds. The lowest BCUT2D eigenvalue weighted by molar-refractivity contribution is 0.120. The molecule has 0 aromatic carbocycles. The molecular formula is C16H29N3O. The highest BCUT2D eigenvalue weighted by Gasteiger charge is 2.22. The molecule has 1 saturated heterocycles. The zero-order chi connectivity index (χ0) is 14.2. The molecule has 1 aromatic rings. The lowest BCUT2D eigenvalue weighted by Crippen LogP contribution is -2.40. The van der Waals surface area contributed by atoms with Crippen molar-refractivity contribution in [1.82, 2.24) is 14.7 Å². The van der Waals surface area contributed by atoms with Crippen LogP contribution in [0.4, 0.5) is 0 Å². The van der Waals surface area contributed by atoms with Crippen LogP contribution >= 0.6 is 0 Å². The van der Waals surface area contributed by atoms with Crippen LogP contribution in [-0.2, 0) is 11.3 Å². The Morgan fingerprint density at radius 1 is 1.35 bits per heavy atom. The Bertz CT molecular complexity index is 345. The first-order valence-electron chi connectivity index (χ1n) is 8.00. The van der Waals surface area contributed by atoms with Gasteiger partial charge >= 0.3 is 0 Å². The fourth-order valence-corrected chi connectivity index (χ4v) is 3.13. The summed E-state index contributed by atoms with van der Waals surface area (Å²) in [6.07, 6.45) is 10.4. The van der Waals surface area contributed by atoms with Crippen molar-refractivity contribution in [2.45, 2.75) is 51.6 Å². The summed E-state index contributed by atoms with van der Waals surface area (Å²) >= 11 is 0. The molecule has 2 heterocycles. The second kappa shape index (κ2) is 8.42. The minimum Gasteiger partial charge on any atom is -0.385 e. The average molecular weight is 279 g/mol. The van der Waals surface area contributed by atoms with Crippen LogP contribution in [0, 0.1) is 5.92 Å². The molecule has 0 N–H and O–H groups in total. The number of ether oxygens (including phenoxy) is 1. The Balaban J connectivity index is 1.62. The summed E-state index contributed by atoms with van der Waals surface area (Å²) < 4.78 is 7.18. The molecule has 0 spiro atoms. The topological polar surface area (TPSA) is 30.3 Å². The van der Waals surface area contributed by atoms with Gasteiger partial charge in [0.15, 0.2) is 0 Å². The van der Waals surface area contributed by atoms with Gasteiger partial charge in [-0.15, -0.1) is 0 Å². The minimum absolute atomic E-state index is 0.666. The molecule has 0 saturated carbocycles.